The third-order valence-corrected chi connectivity index (χ3v) is 6.49. The summed E-state index contributed by atoms with van der Waals surface area (Å²) < 4.78 is 33.0. The van der Waals surface area contributed by atoms with Crippen molar-refractivity contribution >= 4 is 50.5 Å². The molecule has 2 aromatic carbocycles. The topological polar surface area (TPSA) is 84.5 Å². The van der Waals surface area contributed by atoms with Crippen LogP contribution < -0.4 is 14.8 Å². The van der Waals surface area contributed by atoms with E-state index in [0.717, 1.165) is 19.3 Å². The van der Waals surface area contributed by atoms with Crippen molar-refractivity contribution < 1.29 is 17.9 Å². The fraction of sp³-hybridized carbons (Fsp3) is 0.278. The van der Waals surface area contributed by atoms with Crippen molar-refractivity contribution in [2.24, 2.45) is 5.92 Å². The maximum atomic E-state index is 12.7. The zero-order chi connectivity index (χ0) is 19.6. The lowest BCUT2D eigenvalue weighted by Crippen LogP contribution is -2.28. The maximum Gasteiger partial charge on any atom is 0.262 e. The van der Waals surface area contributed by atoms with Gasteiger partial charge in [-0.3, -0.25) is 9.52 Å². The van der Waals surface area contributed by atoms with Crippen molar-refractivity contribution in [2.75, 3.05) is 17.1 Å². The lowest BCUT2D eigenvalue weighted by molar-refractivity contribution is -0.122. The molecule has 1 aliphatic carbocycles. The van der Waals surface area contributed by atoms with E-state index in [1.54, 1.807) is 12.1 Å². The number of benzene rings is 2. The van der Waals surface area contributed by atoms with Gasteiger partial charge in [0, 0.05) is 11.6 Å². The molecule has 6 nitrogen and oxygen atoms in total. The Morgan fingerprint density at radius 1 is 1.11 bits per heavy atom. The zero-order valence-corrected chi connectivity index (χ0v) is 16.8. The maximum absolute atomic E-state index is 12.7. The van der Waals surface area contributed by atoms with Crippen molar-refractivity contribution in [1.29, 1.82) is 0 Å². The predicted molar refractivity (Wildman–Crippen MR) is 106 cm³/mol. The van der Waals surface area contributed by atoms with Crippen LogP contribution in [-0.4, -0.2) is 21.4 Å². The van der Waals surface area contributed by atoms with E-state index in [0.29, 0.717) is 11.4 Å². The lowest BCUT2D eigenvalue weighted by atomic mass is 9.85. The minimum atomic E-state index is -3.93. The van der Waals surface area contributed by atoms with Gasteiger partial charge in [-0.1, -0.05) is 29.6 Å². The summed E-state index contributed by atoms with van der Waals surface area (Å²) in [6, 6.07) is 8.79. The first kappa shape index (κ1) is 19.8. The van der Waals surface area contributed by atoms with Crippen LogP contribution in [0.15, 0.2) is 41.3 Å². The number of hydrogen-bond acceptors (Lipinski definition) is 4. The van der Waals surface area contributed by atoms with Crippen LogP contribution in [0.1, 0.15) is 19.3 Å². The molecule has 0 atom stereocenters. The number of nitrogens with one attached hydrogen (secondary N) is 2. The van der Waals surface area contributed by atoms with Crippen LogP contribution in [-0.2, 0) is 14.8 Å². The molecule has 27 heavy (non-hydrogen) atoms. The third kappa shape index (κ3) is 4.48. The van der Waals surface area contributed by atoms with E-state index in [9.17, 15) is 13.2 Å². The number of carbonyl (C=O) groups excluding carboxylic acids is 1. The SMILES string of the molecule is COc1ccc(NC(=O)C2CCC2)cc1NS(=O)(=O)c1ccc(Cl)c(Cl)c1. The highest BCUT2D eigenvalue weighted by Gasteiger charge is 2.25. The average molecular weight is 429 g/mol. The molecule has 0 aliphatic heterocycles. The van der Waals surface area contributed by atoms with Crippen LogP contribution in [0.4, 0.5) is 11.4 Å². The predicted octanol–water partition coefficient (Wildman–Crippen LogP) is 4.54. The van der Waals surface area contributed by atoms with Crippen molar-refractivity contribution in [1.82, 2.24) is 0 Å². The highest BCUT2D eigenvalue weighted by molar-refractivity contribution is 7.92. The number of ether oxygens (including phenoxy) is 1. The van der Waals surface area contributed by atoms with Gasteiger partial charge in [-0.15, -0.1) is 0 Å². The Balaban J connectivity index is 1.86. The Kier molecular flexibility index (Phi) is 5.83. The number of amides is 1. The summed E-state index contributed by atoms with van der Waals surface area (Å²) in [5, 5.41) is 3.20. The number of carbonyl (C=O) groups is 1. The fourth-order valence-corrected chi connectivity index (χ4v) is 4.08. The molecule has 3 rings (SSSR count). The molecular weight excluding hydrogens is 411 g/mol. The van der Waals surface area contributed by atoms with E-state index >= 15 is 0 Å². The fourth-order valence-electron chi connectivity index (χ4n) is 2.63. The Hall–Kier alpha value is -1.96. The highest BCUT2D eigenvalue weighted by atomic mass is 35.5. The van der Waals surface area contributed by atoms with Gasteiger partial charge in [0.25, 0.3) is 10.0 Å². The third-order valence-electron chi connectivity index (χ3n) is 4.39. The second-order valence-corrected chi connectivity index (χ2v) is 8.71. The zero-order valence-electron chi connectivity index (χ0n) is 14.5. The van der Waals surface area contributed by atoms with Crippen LogP contribution in [0.2, 0.25) is 10.0 Å². The van der Waals surface area contributed by atoms with Crippen molar-refractivity contribution in [3.8, 4) is 5.75 Å². The Morgan fingerprint density at radius 2 is 1.85 bits per heavy atom. The molecule has 1 fully saturated rings. The number of hydrogen-bond donors (Lipinski definition) is 2. The number of halogens is 2. The monoisotopic (exact) mass is 428 g/mol. The van der Waals surface area contributed by atoms with Crippen LogP contribution >= 0.6 is 23.2 Å². The minimum Gasteiger partial charge on any atom is -0.495 e. The summed E-state index contributed by atoms with van der Waals surface area (Å²) in [5.41, 5.74) is 0.689. The van der Waals surface area contributed by atoms with Crippen molar-refractivity contribution in [3.63, 3.8) is 0 Å². The van der Waals surface area contributed by atoms with Crippen LogP contribution in [0.5, 0.6) is 5.75 Å². The molecule has 2 aromatic rings. The van der Waals surface area contributed by atoms with Gasteiger partial charge in [-0.25, -0.2) is 8.42 Å². The summed E-state index contributed by atoms with van der Waals surface area (Å²) in [6.07, 6.45) is 2.80. The summed E-state index contributed by atoms with van der Waals surface area (Å²) in [7, 11) is -2.50. The Labute approximate surface area is 167 Å². The molecule has 1 aliphatic rings. The molecular formula is C18H18Cl2N2O4S. The van der Waals surface area contributed by atoms with Gasteiger partial charge < -0.3 is 10.1 Å². The number of methoxy groups -OCH3 is 1. The van der Waals surface area contributed by atoms with Gasteiger partial charge in [0.2, 0.25) is 5.91 Å². The smallest absolute Gasteiger partial charge is 0.262 e. The van der Waals surface area contributed by atoms with Gasteiger partial charge in [0.05, 0.1) is 27.7 Å². The summed E-state index contributed by atoms with van der Waals surface area (Å²) in [6.45, 7) is 0. The molecule has 2 N–H and O–H groups in total. The van der Waals surface area contributed by atoms with Crippen LogP contribution in [0, 0.1) is 5.92 Å². The van der Waals surface area contributed by atoms with E-state index in [4.69, 9.17) is 27.9 Å². The molecule has 0 unspecified atom stereocenters. The Morgan fingerprint density at radius 3 is 2.44 bits per heavy atom. The standard InChI is InChI=1S/C18H18Cl2N2O4S/c1-26-17-8-5-12(21-18(23)11-3-2-4-11)9-16(17)22-27(24,25)13-6-7-14(19)15(20)10-13/h5-11,22H,2-4H2,1H3,(H,21,23). The average Bonchev–Trinajstić information content (AvgIpc) is 2.55. The van der Waals surface area contributed by atoms with Crippen molar-refractivity contribution in [3.05, 3.63) is 46.4 Å². The van der Waals surface area contributed by atoms with Gasteiger partial charge in [-0.05, 0) is 49.2 Å². The summed E-state index contributed by atoms with van der Waals surface area (Å²) in [4.78, 5) is 12.1. The van der Waals surface area contributed by atoms with E-state index < -0.39 is 10.0 Å². The van der Waals surface area contributed by atoms with E-state index in [2.05, 4.69) is 10.0 Å². The van der Waals surface area contributed by atoms with Crippen LogP contribution in [0.25, 0.3) is 0 Å². The minimum absolute atomic E-state index is 0.0171. The molecule has 0 saturated heterocycles. The lowest BCUT2D eigenvalue weighted by Gasteiger charge is -2.24. The molecule has 0 heterocycles. The molecule has 0 spiro atoms. The van der Waals surface area contributed by atoms with E-state index in [1.807, 2.05) is 0 Å². The van der Waals surface area contributed by atoms with Gasteiger partial charge in [-0.2, -0.15) is 0 Å². The first-order valence-corrected chi connectivity index (χ1v) is 10.5. The first-order chi connectivity index (χ1) is 12.8. The van der Waals surface area contributed by atoms with E-state index in [1.165, 1.54) is 31.4 Å². The number of anilines is 2. The van der Waals surface area contributed by atoms with Gasteiger partial charge in [0.15, 0.2) is 0 Å². The summed E-state index contributed by atoms with van der Waals surface area (Å²) in [5.74, 6) is 0.272. The molecule has 1 amide bonds. The number of rotatable bonds is 6. The van der Waals surface area contributed by atoms with Crippen LogP contribution in [0.3, 0.4) is 0 Å². The normalized spacial score (nSPS) is 14.3. The largest absolute Gasteiger partial charge is 0.495 e. The quantitative estimate of drug-likeness (QED) is 0.706. The summed E-state index contributed by atoms with van der Waals surface area (Å²) >= 11 is 11.8. The highest BCUT2D eigenvalue weighted by Crippen LogP contribution is 2.33. The second kappa shape index (κ2) is 7.96. The van der Waals surface area contributed by atoms with Gasteiger partial charge >= 0.3 is 0 Å². The molecule has 0 bridgehead atoms. The second-order valence-electron chi connectivity index (χ2n) is 6.21. The molecule has 144 valence electrons. The Bertz CT molecular complexity index is 975. The van der Waals surface area contributed by atoms with E-state index in [-0.39, 0.29) is 32.5 Å². The molecule has 0 aromatic heterocycles. The number of sulfonamides is 1. The van der Waals surface area contributed by atoms with Crippen molar-refractivity contribution in [2.45, 2.75) is 24.2 Å². The van der Waals surface area contributed by atoms with Gasteiger partial charge in [0.1, 0.15) is 5.75 Å². The first-order valence-electron chi connectivity index (χ1n) is 8.27. The molecule has 0 radical (unpaired) electrons. The molecule has 1 saturated carbocycles. The molecule has 9 heteroatoms.